The van der Waals surface area contributed by atoms with E-state index in [2.05, 4.69) is 5.32 Å². The van der Waals surface area contributed by atoms with Crippen molar-refractivity contribution in [2.45, 2.75) is 12.8 Å². The lowest BCUT2D eigenvalue weighted by molar-refractivity contribution is -0.878. The van der Waals surface area contributed by atoms with Crippen LogP contribution in [0, 0.1) is 11.6 Å². The molecule has 0 aliphatic carbocycles. The first-order chi connectivity index (χ1) is 8.15. The summed E-state index contributed by atoms with van der Waals surface area (Å²) < 4.78 is 25.6. The highest BCUT2D eigenvalue weighted by molar-refractivity contribution is 5.91. The van der Waals surface area contributed by atoms with Gasteiger partial charge in [0.2, 0.25) is 0 Å². The first kappa shape index (κ1) is 12.0. The van der Waals surface area contributed by atoms with Gasteiger partial charge >= 0.3 is 0 Å². The van der Waals surface area contributed by atoms with Gasteiger partial charge < -0.3 is 10.2 Å². The maximum Gasteiger partial charge on any atom is 0.279 e. The summed E-state index contributed by atoms with van der Waals surface area (Å²) in [5.41, 5.74) is 0.299. The molecule has 0 unspecified atom stereocenters. The smallest absolute Gasteiger partial charge is 0.279 e. The van der Waals surface area contributed by atoms with Crippen molar-refractivity contribution in [2.24, 2.45) is 0 Å². The first-order valence-electron chi connectivity index (χ1n) is 5.73. The zero-order valence-electron chi connectivity index (χ0n) is 9.43. The van der Waals surface area contributed by atoms with Crippen LogP contribution in [0.3, 0.4) is 0 Å². The number of likely N-dealkylation sites (tertiary alicyclic amines) is 1. The Bertz CT molecular complexity index is 417. The lowest BCUT2D eigenvalue weighted by Gasteiger charge is -2.11. The molecule has 0 spiro atoms. The molecule has 1 saturated heterocycles. The van der Waals surface area contributed by atoms with Crippen LogP contribution >= 0.6 is 0 Å². The zero-order valence-corrected chi connectivity index (χ0v) is 9.43. The van der Waals surface area contributed by atoms with E-state index in [1.165, 1.54) is 11.0 Å². The number of anilines is 1. The summed E-state index contributed by atoms with van der Waals surface area (Å²) in [5.74, 6) is -2.02. The second-order valence-corrected chi connectivity index (χ2v) is 4.31. The fourth-order valence-corrected chi connectivity index (χ4v) is 2.06. The Kier molecular flexibility index (Phi) is 3.68. The average molecular weight is 241 g/mol. The summed E-state index contributed by atoms with van der Waals surface area (Å²) in [5, 5.41) is 2.57. The third kappa shape index (κ3) is 3.23. The second-order valence-electron chi connectivity index (χ2n) is 4.31. The van der Waals surface area contributed by atoms with Gasteiger partial charge in [0.1, 0.15) is 0 Å². The van der Waals surface area contributed by atoms with Gasteiger partial charge in [-0.3, -0.25) is 4.79 Å². The molecule has 2 N–H and O–H groups in total. The number of hydrogen-bond donors (Lipinski definition) is 2. The number of carbonyl (C=O) groups excluding carboxylic acids is 1. The van der Waals surface area contributed by atoms with Crippen LogP contribution in [0.15, 0.2) is 18.2 Å². The van der Waals surface area contributed by atoms with Crippen molar-refractivity contribution in [2.75, 3.05) is 25.0 Å². The number of hydrogen-bond acceptors (Lipinski definition) is 1. The fraction of sp³-hybridized carbons (Fsp3) is 0.417. The molecule has 2 rings (SSSR count). The molecule has 5 heteroatoms. The molecule has 1 fully saturated rings. The van der Waals surface area contributed by atoms with Crippen LogP contribution in [-0.2, 0) is 4.79 Å². The second kappa shape index (κ2) is 5.23. The van der Waals surface area contributed by atoms with Crippen molar-refractivity contribution in [3.63, 3.8) is 0 Å². The quantitative estimate of drug-likeness (QED) is 0.797. The summed E-state index contributed by atoms with van der Waals surface area (Å²) >= 11 is 0. The van der Waals surface area contributed by atoms with Crippen LogP contribution in [0.4, 0.5) is 14.5 Å². The predicted molar refractivity (Wildman–Crippen MR) is 59.8 cm³/mol. The zero-order chi connectivity index (χ0) is 12.3. The minimum Gasteiger partial charge on any atom is -0.327 e. The Morgan fingerprint density at radius 3 is 2.59 bits per heavy atom. The molecular weight excluding hydrogens is 226 g/mol. The number of halogens is 2. The van der Waals surface area contributed by atoms with Gasteiger partial charge in [-0.15, -0.1) is 0 Å². The third-order valence-electron chi connectivity index (χ3n) is 2.92. The van der Waals surface area contributed by atoms with E-state index < -0.39 is 11.6 Å². The van der Waals surface area contributed by atoms with E-state index in [0.717, 1.165) is 38.1 Å². The van der Waals surface area contributed by atoms with Gasteiger partial charge in [-0.1, -0.05) is 0 Å². The van der Waals surface area contributed by atoms with Crippen LogP contribution in [0.25, 0.3) is 0 Å². The Morgan fingerprint density at radius 2 is 1.94 bits per heavy atom. The minimum absolute atomic E-state index is 0.159. The fourth-order valence-electron chi connectivity index (χ4n) is 2.06. The predicted octanol–water partition coefficient (Wildman–Crippen LogP) is 0.582. The molecule has 1 aliphatic heterocycles. The van der Waals surface area contributed by atoms with E-state index in [9.17, 15) is 13.6 Å². The number of amides is 1. The van der Waals surface area contributed by atoms with Gasteiger partial charge in [0.25, 0.3) is 5.91 Å². The monoisotopic (exact) mass is 241 g/mol. The van der Waals surface area contributed by atoms with Crippen LogP contribution < -0.4 is 10.2 Å². The van der Waals surface area contributed by atoms with Crippen molar-refractivity contribution in [3.05, 3.63) is 29.8 Å². The molecule has 3 nitrogen and oxygen atoms in total. The lowest BCUT2D eigenvalue weighted by atomic mass is 10.3. The van der Waals surface area contributed by atoms with Crippen molar-refractivity contribution in [1.29, 1.82) is 0 Å². The minimum atomic E-state index is -0.948. The van der Waals surface area contributed by atoms with Crippen molar-refractivity contribution >= 4 is 11.6 Å². The summed E-state index contributed by atoms with van der Waals surface area (Å²) in [6.07, 6.45) is 2.29. The van der Waals surface area contributed by atoms with E-state index in [-0.39, 0.29) is 5.91 Å². The molecule has 1 aromatic rings. The molecule has 92 valence electrons. The number of benzene rings is 1. The van der Waals surface area contributed by atoms with E-state index in [1.54, 1.807) is 0 Å². The summed E-state index contributed by atoms with van der Waals surface area (Å²) in [7, 11) is 0. The Hall–Kier alpha value is -1.49. The topological polar surface area (TPSA) is 33.5 Å². The van der Waals surface area contributed by atoms with Crippen LogP contribution in [0.5, 0.6) is 0 Å². The normalized spacial score (nSPS) is 16.1. The lowest BCUT2D eigenvalue weighted by Crippen LogP contribution is -3.11. The molecule has 1 amide bonds. The van der Waals surface area contributed by atoms with Crippen LogP contribution in [0.2, 0.25) is 0 Å². The Balaban J connectivity index is 1.90. The third-order valence-corrected chi connectivity index (χ3v) is 2.92. The van der Waals surface area contributed by atoms with Gasteiger partial charge in [0.15, 0.2) is 18.2 Å². The molecule has 1 heterocycles. The Labute approximate surface area is 98.4 Å². The summed E-state index contributed by atoms with van der Waals surface area (Å²) in [6, 6.07) is 3.36. The Morgan fingerprint density at radius 1 is 1.24 bits per heavy atom. The molecule has 0 atom stereocenters. The highest BCUT2D eigenvalue weighted by Crippen LogP contribution is 2.12. The number of nitrogens with one attached hydrogen (secondary N) is 2. The molecule has 1 aliphatic rings. The van der Waals surface area contributed by atoms with Crippen LogP contribution in [0.1, 0.15) is 12.8 Å². The van der Waals surface area contributed by atoms with E-state index in [0.29, 0.717) is 12.2 Å². The largest absolute Gasteiger partial charge is 0.327 e. The molecule has 0 bridgehead atoms. The number of quaternary nitrogens is 1. The highest BCUT2D eigenvalue weighted by Gasteiger charge is 2.18. The number of rotatable bonds is 3. The molecule has 0 radical (unpaired) electrons. The van der Waals surface area contributed by atoms with Gasteiger partial charge in [0.05, 0.1) is 13.1 Å². The SMILES string of the molecule is O=C(C[NH+]1CCCC1)Nc1ccc(F)c(F)c1. The van der Waals surface area contributed by atoms with Gasteiger partial charge in [-0.05, 0) is 12.1 Å². The van der Waals surface area contributed by atoms with E-state index in [4.69, 9.17) is 0 Å². The van der Waals surface area contributed by atoms with Crippen LogP contribution in [-0.4, -0.2) is 25.5 Å². The average Bonchev–Trinajstić information content (AvgIpc) is 2.76. The summed E-state index contributed by atoms with van der Waals surface area (Å²) in [4.78, 5) is 12.9. The van der Waals surface area contributed by atoms with Gasteiger partial charge in [-0.2, -0.15) is 0 Å². The molecule has 1 aromatic carbocycles. The maximum absolute atomic E-state index is 12.9. The van der Waals surface area contributed by atoms with E-state index in [1.807, 2.05) is 0 Å². The standard InChI is InChI=1S/C12H14F2N2O/c13-10-4-3-9(7-11(10)14)15-12(17)8-16-5-1-2-6-16/h3-4,7H,1-2,5-6,8H2,(H,15,17)/p+1. The van der Waals surface area contributed by atoms with Crippen molar-refractivity contribution in [3.8, 4) is 0 Å². The molecule has 0 aromatic heterocycles. The highest BCUT2D eigenvalue weighted by atomic mass is 19.2. The first-order valence-corrected chi connectivity index (χ1v) is 5.73. The van der Waals surface area contributed by atoms with Gasteiger partial charge in [-0.25, -0.2) is 8.78 Å². The maximum atomic E-state index is 12.9. The van der Waals surface area contributed by atoms with E-state index >= 15 is 0 Å². The summed E-state index contributed by atoms with van der Waals surface area (Å²) in [6.45, 7) is 2.40. The molecule has 0 saturated carbocycles. The molecule has 17 heavy (non-hydrogen) atoms. The molecular formula is C12H15F2N2O+. The van der Waals surface area contributed by atoms with Crippen molar-refractivity contribution in [1.82, 2.24) is 0 Å². The number of carbonyl (C=O) groups is 1. The van der Waals surface area contributed by atoms with Crippen molar-refractivity contribution < 1.29 is 18.5 Å². The van der Waals surface area contributed by atoms with Gasteiger partial charge in [0, 0.05) is 24.6 Å².